The van der Waals surface area contributed by atoms with Crippen LogP contribution >= 0.6 is 0 Å². The summed E-state index contributed by atoms with van der Waals surface area (Å²) in [7, 11) is 0. The van der Waals surface area contributed by atoms with Gasteiger partial charge in [0.25, 0.3) is 0 Å². The number of hydrogen-bond donors (Lipinski definition) is 2. The fraction of sp³-hybridized carbons (Fsp3) is 0.438. The van der Waals surface area contributed by atoms with Crippen LogP contribution in [-0.4, -0.2) is 10.5 Å². The Kier molecular flexibility index (Phi) is 3.15. The van der Waals surface area contributed by atoms with E-state index in [1.165, 1.54) is 25.7 Å². The third-order valence-corrected chi connectivity index (χ3v) is 4.20. The molecule has 2 aromatic rings. The Morgan fingerprint density at radius 3 is 2.79 bits per heavy atom. The quantitative estimate of drug-likeness (QED) is 0.885. The summed E-state index contributed by atoms with van der Waals surface area (Å²) in [5.74, 6) is 0. The Bertz CT molecular complexity index is 586. The molecule has 1 heterocycles. The Balaban J connectivity index is 1.81. The second kappa shape index (κ2) is 4.82. The van der Waals surface area contributed by atoms with Gasteiger partial charge >= 0.3 is 0 Å². The number of benzene rings is 1. The minimum absolute atomic E-state index is 0.280. The van der Waals surface area contributed by atoms with E-state index in [-0.39, 0.29) is 5.54 Å². The van der Waals surface area contributed by atoms with Crippen LogP contribution in [-0.2, 0) is 6.54 Å². The first kappa shape index (κ1) is 12.4. The topological polar surface area (TPSA) is 50.9 Å². The maximum Gasteiger partial charge on any atom is 0.0726 e. The third kappa shape index (κ3) is 2.56. The second-order valence-corrected chi connectivity index (χ2v) is 5.84. The predicted molar refractivity (Wildman–Crippen MR) is 79.9 cm³/mol. The monoisotopic (exact) mass is 255 g/mol. The van der Waals surface area contributed by atoms with Gasteiger partial charge in [-0.05, 0) is 31.9 Å². The van der Waals surface area contributed by atoms with Gasteiger partial charge in [0, 0.05) is 23.2 Å². The van der Waals surface area contributed by atoms with Gasteiger partial charge < -0.3 is 11.1 Å². The smallest absolute Gasteiger partial charge is 0.0726 e. The number of nitrogens with one attached hydrogen (secondary N) is 1. The van der Waals surface area contributed by atoms with Gasteiger partial charge in [0.2, 0.25) is 0 Å². The van der Waals surface area contributed by atoms with Crippen molar-refractivity contribution in [3.8, 4) is 0 Å². The number of nitrogen functional groups attached to an aromatic ring is 1. The lowest BCUT2D eigenvalue weighted by atomic mass is 10.0. The first-order valence-corrected chi connectivity index (χ1v) is 7.05. The van der Waals surface area contributed by atoms with Crippen molar-refractivity contribution in [2.75, 3.05) is 5.73 Å². The minimum atomic E-state index is 0.280. The molecule has 0 saturated heterocycles. The molecule has 0 amide bonds. The highest BCUT2D eigenvalue weighted by Gasteiger charge is 2.27. The van der Waals surface area contributed by atoms with Gasteiger partial charge in [-0.25, -0.2) is 0 Å². The SMILES string of the molecule is CC1(NCc2cc(N)c3ccccc3n2)CCCC1. The third-order valence-electron chi connectivity index (χ3n) is 4.20. The molecular formula is C16H21N3. The van der Waals surface area contributed by atoms with Crippen LogP contribution in [0.3, 0.4) is 0 Å². The van der Waals surface area contributed by atoms with Gasteiger partial charge in [-0.1, -0.05) is 31.0 Å². The normalized spacial score (nSPS) is 17.9. The summed E-state index contributed by atoms with van der Waals surface area (Å²) >= 11 is 0. The lowest BCUT2D eigenvalue weighted by Crippen LogP contribution is -2.39. The number of pyridine rings is 1. The summed E-state index contributed by atoms with van der Waals surface area (Å²) in [6.45, 7) is 3.11. The molecule has 0 atom stereocenters. The molecule has 3 nitrogen and oxygen atoms in total. The molecule has 1 fully saturated rings. The Labute approximate surface area is 114 Å². The van der Waals surface area contributed by atoms with Crippen LogP contribution in [0.5, 0.6) is 0 Å². The van der Waals surface area contributed by atoms with Gasteiger partial charge in [0.15, 0.2) is 0 Å². The van der Waals surface area contributed by atoms with Crippen LogP contribution in [0.2, 0.25) is 0 Å². The molecule has 0 aliphatic heterocycles. The highest BCUT2D eigenvalue weighted by atomic mass is 15.0. The molecule has 100 valence electrons. The van der Waals surface area contributed by atoms with E-state index in [4.69, 9.17) is 5.73 Å². The zero-order valence-corrected chi connectivity index (χ0v) is 11.4. The van der Waals surface area contributed by atoms with Gasteiger partial charge in [0.05, 0.1) is 11.2 Å². The first-order valence-electron chi connectivity index (χ1n) is 7.05. The number of nitrogens with zero attached hydrogens (tertiary/aromatic N) is 1. The average molecular weight is 255 g/mol. The van der Waals surface area contributed by atoms with Crippen molar-refractivity contribution in [3.63, 3.8) is 0 Å². The number of anilines is 1. The molecule has 0 bridgehead atoms. The molecule has 0 spiro atoms. The zero-order chi connectivity index (χ0) is 13.3. The van der Waals surface area contributed by atoms with Crippen LogP contribution in [0.15, 0.2) is 30.3 Å². The number of para-hydroxylation sites is 1. The van der Waals surface area contributed by atoms with Crippen molar-refractivity contribution in [3.05, 3.63) is 36.0 Å². The molecule has 1 aliphatic rings. The number of rotatable bonds is 3. The summed E-state index contributed by atoms with van der Waals surface area (Å²) < 4.78 is 0. The summed E-state index contributed by atoms with van der Waals surface area (Å²) in [6, 6.07) is 10.0. The van der Waals surface area contributed by atoms with Gasteiger partial charge in [-0.3, -0.25) is 4.98 Å². The van der Waals surface area contributed by atoms with Crippen molar-refractivity contribution in [1.29, 1.82) is 0 Å². The fourth-order valence-corrected chi connectivity index (χ4v) is 2.99. The Hall–Kier alpha value is -1.61. The van der Waals surface area contributed by atoms with Crippen LogP contribution in [0.25, 0.3) is 10.9 Å². The van der Waals surface area contributed by atoms with Crippen LogP contribution in [0, 0.1) is 0 Å². The van der Waals surface area contributed by atoms with Crippen molar-refractivity contribution in [2.24, 2.45) is 0 Å². The highest BCUT2D eigenvalue weighted by Crippen LogP contribution is 2.29. The van der Waals surface area contributed by atoms with E-state index in [0.29, 0.717) is 0 Å². The lowest BCUT2D eigenvalue weighted by Gasteiger charge is -2.25. The molecular weight excluding hydrogens is 234 g/mol. The van der Waals surface area contributed by atoms with Crippen LogP contribution < -0.4 is 11.1 Å². The first-order chi connectivity index (χ1) is 9.16. The van der Waals surface area contributed by atoms with E-state index in [9.17, 15) is 0 Å². The Morgan fingerprint density at radius 2 is 2.00 bits per heavy atom. The molecule has 0 unspecified atom stereocenters. The van der Waals surface area contributed by atoms with Crippen molar-refractivity contribution in [1.82, 2.24) is 10.3 Å². The predicted octanol–water partition coefficient (Wildman–Crippen LogP) is 3.24. The summed E-state index contributed by atoms with van der Waals surface area (Å²) in [5, 5.41) is 4.69. The van der Waals surface area contributed by atoms with E-state index in [1.54, 1.807) is 0 Å². The highest BCUT2D eigenvalue weighted by molar-refractivity contribution is 5.90. The van der Waals surface area contributed by atoms with Gasteiger partial charge in [-0.2, -0.15) is 0 Å². The van der Waals surface area contributed by atoms with Crippen LogP contribution in [0.1, 0.15) is 38.3 Å². The number of aromatic nitrogens is 1. The average Bonchev–Trinajstić information content (AvgIpc) is 2.84. The molecule has 1 aromatic carbocycles. The van der Waals surface area contributed by atoms with Crippen molar-refractivity contribution < 1.29 is 0 Å². The maximum atomic E-state index is 6.11. The molecule has 1 aromatic heterocycles. The molecule has 3 heteroatoms. The fourth-order valence-electron chi connectivity index (χ4n) is 2.99. The summed E-state index contributed by atoms with van der Waals surface area (Å²) in [5.41, 5.74) is 9.22. The Morgan fingerprint density at radius 1 is 1.26 bits per heavy atom. The largest absolute Gasteiger partial charge is 0.398 e. The molecule has 0 radical (unpaired) electrons. The number of fused-ring (bicyclic) bond motifs is 1. The van der Waals surface area contributed by atoms with Gasteiger partial charge in [0.1, 0.15) is 0 Å². The molecule has 19 heavy (non-hydrogen) atoms. The zero-order valence-electron chi connectivity index (χ0n) is 11.4. The molecule has 3 N–H and O–H groups in total. The second-order valence-electron chi connectivity index (χ2n) is 5.84. The van der Waals surface area contributed by atoms with E-state index in [0.717, 1.165) is 28.8 Å². The lowest BCUT2D eigenvalue weighted by molar-refractivity contribution is 0.361. The maximum absolute atomic E-state index is 6.11. The van der Waals surface area contributed by atoms with E-state index in [2.05, 4.69) is 17.2 Å². The van der Waals surface area contributed by atoms with E-state index < -0.39 is 0 Å². The molecule has 1 saturated carbocycles. The van der Waals surface area contributed by atoms with Gasteiger partial charge in [-0.15, -0.1) is 0 Å². The van der Waals surface area contributed by atoms with Crippen molar-refractivity contribution >= 4 is 16.6 Å². The standard InChI is InChI=1S/C16H21N3/c1-16(8-4-5-9-16)18-11-12-10-14(17)13-6-2-3-7-15(13)19-12/h2-3,6-7,10,18H,4-5,8-9,11H2,1H3,(H2,17,19). The summed E-state index contributed by atoms with van der Waals surface area (Å²) in [4.78, 5) is 4.69. The molecule has 3 rings (SSSR count). The van der Waals surface area contributed by atoms with E-state index in [1.807, 2.05) is 30.3 Å². The van der Waals surface area contributed by atoms with Crippen LogP contribution in [0.4, 0.5) is 5.69 Å². The molecule has 1 aliphatic carbocycles. The van der Waals surface area contributed by atoms with E-state index >= 15 is 0 Å². The minimum Gasteiger partial charge on any atom is -0.398 e. The number of nitrogens with two attached hydrogens (primary N) is 1. The number of hydrogen-bond acceptors (Lipinski definition) is 3. The summed E-state index contributed by atoms with van der Waals surface area (Å²) in [6.07, 6.45) is 5.18. The van der Waals surface area contributed by atoms with Crippen molar-refractivity contribution in [2.45, 2.75) is 44.7 Å².